The molecule has 1 aromatic rings. The quantitative estimate of drug-likeness (QED) is 0.680. The van der Waals surface area contributed by atoms with Crippen LogP contribution in [0.15, 0.2) is 0 Å². The molecule has 0 spiro atoms. The molecule has 0 aromatic carbocycles. The lowest BCUT2D eigenvalue weighted by atomic mass is 9.89. The van der Waals surface area contributed by atoms with Crippen LogP contribution < -0.4 is 11.1 Å². The zero-order chi connectivity index (χ0) is 10.0. The molecule has 5 heteroatoms. The summed E-state index contributed by atoms with van der Waals surface area (Å²) in [7, 11) is 0. The van der Waals surface area contributed by atoms with E-state index in [1.54, 1.807) is 0 Å². The van der Waals surface area contributed by atoms with E-state index in [1.165, 1.54) is 25.7 Å². The zero-order valence-electron chi connectivity index (χ0n) is 8.51. The van der Waals surface area contributed by atoms with Crippen LogP contribution in [0.1, 0.15) is 32.6 Å². The van der Waals surface area contributed by atoms with Gasteiger partial charge in [0.1, 0.15) is 0 Å². The number of hydrogen-bond acceptors (Lipinski definition) is 4. The third kappa shape index (κ3) is 1.97. The average Bonchev–Trinajstić information content (AvgIpc) is 2.73. The van der Waals surface area contributed by atoms with Crippen molar-refractivity contribution in [1.29, 1.82) is 0 Å². The topological polar surface area (TPSA) is 79.6 Å². The van der Waals surface area contributed by atoms with Crippen LogP contribution in [-0.4, -0.2) is 21.7 Å². The number of nitrogen functional groups attached to an aromatic ring is 1. The SMILES string of the molecule is CC1(CNc2n[nH]c(N)n2)CCCC1. The van der Waals surface area contributed by atoms with Crippen molar-refractivity contribution in [3.05, 3.63) is 0 Å². The van der Waals surface area contributed by atoms with Gasteiger partial charge in [-0.25, -0.2) is 5.10 Å². The molecule has 0 amide bonds. The van der Waals surface area contributed by atoms with Gasteiger partial charge in [-0.05, 0) is 18.3 Å². The fraction of sp³-hybridized carbons (Fsp3) is 0.778. The number of nitrogens with one attached hydrogen (secondary N) is 2. The van der Waals surface area contributed by atoms with Gasteiger partial charge in [0.2, 0.25) is 11.9 Å². The van der Waals surface area contributed by atoms with Crippen molar-refractivity contribution in [2.24, 2.45) is 5.41 Å². The Kier molecular flexibility index (Phi) is 2.31. The molecule has 0 unspecified atom stereocenters. The summed E-state index contributed by atoms with van der Waals surface area (Å²) < 4.78 is 0. The summed E-state index contributed by atoms with van der Waals surface area (Å²) in [6.07, 6.45) is 5.27. The molecule has 1 heterocycles. The molecule has 2 rings (SSSR count). The monoisotopic (exact) mass is 195 g/mol. The molecule has 1 saturated carbocycles. The van der Waals surface area contributed by atoms with Gasteiger partial charge in [0.15, 0.2) is 0 Å². The summed E-state index contributed by atoms with van der Waals surface area (Å²) in [5.74, 6) is 0.972. The number of hydrogen-bond donors (Lipinski definition) is 3. The lowest BCUT2D eigenvalue weighted by molar-refractivity contribution is 0.361. The molecule has 0 aliphatic heterocycles. The normalized spacial score (nSPS) is 19.8. The highest BCUT2D eigenvalue weighted by atomic mass is 15.3. The molecule has 5 nitrogen and oxygen atoms in total. The van der Waals surface area contributed by atoms with Crippen LogP contribution >= 0.6 is 0 Å². The number of H-pyrrole nitrogens is 1. The van der Waals surface area contributed by atoms with Gasteiger partial charge in [0.05, 0.1) is 0 Å². The van der Waals surface area contributed by atoms with E-state index in [1.807, 2.05) is 0 Å². The fourth-order valence-electron chi connectivity index (χ4n) is 2.05. The molecular formula is C9H17N5. The first-order chi connectivity index (χ1) is 6.68. The standard InChI is InChI=1S/C9H17N5/c1-9(4-2-3-5-9)6-11-8-12-7(10)13-14-8/h2-6H2,1H3,(H4,10,11,12,13,14). The largest absolute Gasteiger partial charge is 0.368 e. The highest BCUT2D eigenvalue weighted by molar-refractivity contribution is 5.29. The van der Waals surface area contributed by atoms with Gasteiger partial charge >= 0.3 is 0 Å². The van der Waals surface area contributed by atoms with Gasteiger partial charge in [0, 0.05) is 6.54 Å². The van der Waals surface area contributed by atoms with Crippen LogP contribution in [0.25, 0.3) is 0 Å². The van der Waals surface area contributed by atoms with Crippen molar-refractivity contribution in [1.82, 2.24) is 15.2 Å². The smallest absolute Gasteiger partial charge is 0.243 e. The van der Waals surface area contributed by atoms with Crippen molar-refractivity contribution in [2.45, 2.75) is 32.6 Å². The first-order valence-electron chi connectivity index (χ1n) is 5.10. The molecule has 1 aromatic heterocycles. The maximum absolute atomic E-state index is 5.43. The summed E-state index contributed by atoms with van der Waals surface area (Å²) in [6, 6.07) is 0. The second-order valence-corrected chi connectivity index (χ2v) is 4.42. The number of aromatic nitrogens is 3. The van der Waals surface area contributed by atoms with Crippen LogP contribution in [0, 0.1) is 5.41 Å². The number of nitrogens with zero attached hydrogens (tertiary/aromatic N) is 2. The third-order valence-electron chi connectivity index (χ3n) is 2.99. The van der Waals surface area contributed by atoms with E-state index < -0.39 is 0 Å². The maximum Gasteiger partial charge on any atom is 0.243 e. The van der Waals surface area contributed by atoms with Gasteiger partial charge < -0.3 is 11.1 Å². The van der Waals surface area contributed by atoms with Gasteiger partial charge in [-0.2, -0.15) is 4.98 Å². The van der Waals surface area contributed by atoms with E-state index in [-0.39, 0.29) is 0 Å². The maximum atomic E-state index is 5.43. The van der Waals surface area contributed by atoms with E-state index in [0.29, 0.717) is 17.3 Å². The van der Waals surface area contributed by atoms with Crippen molar-refractivity contribution in [2.75, 3.05) is 17.6 Å². The summed E-state index contributed by atoms with van der Waals surface area (Å²) in [5.41, 5.74) is 5.84. The molecule has 1 aliphatic rings. The second-order valence-electron chi connectivity index (χ2n) is 4.42. The zero-order valence-corrected chi connectivity index (χ0v) is 8.51. The minimum absolute atomic E-state index is 0.365. The van der Waals surface area contributed by atoms with Crippen molar-refractivity contribution >= 4 is 11.9 Å². The Hall–Kier alpha value is -1.26. The van der Waals surface area contributed by atoms with Crippen LogP contribution in [0.5, 0.6) is 0 Å². The Bertz CT molecular complexity index is 300. The third-order valence-corrected chi connectivity index (χ3v) is 2.99. The lowest BCUT2D eigenvalue weighted by Gasteiger charge is -2.22. The average molecular weight is 195 g/mol. The minimum Gasteiger partial charge on any atom is -0.368 e. The Labute approximate surface area is 83.5 Å². The first kappa shape index (κ1) is 9.30. The molecule has 0 atom stereocenters. The van der Waals surface area contributed by atoms with Crippen molar-refractivity contribution < 1.29 is 0 Å². The van der Waals surface area contributed by atoms with Gasteiger partial charge in [-0.3, -0.25) is 0 Å². The minimum atomic E-state index is 0.365. The molecule has 1 fully saturated rings. The predicted octanol–water partition coefficient (Wildman–Crippen LogP) is 1.38. The van der Waals surface area contributed by atoms with E-state index in [2.05, 4.69) is 27.4 Å². The van der Waals surface area contributed by atoms with Crippen molar-refractivity contribution in [3.63, 3.8) is 0 Å². The van der Waals surface area contributed by atoms with Crippen molar-refractivity contribution in [3.8, 4) is 0 Å². The molecular weight excluding hydrogens is 178 g/mol. The number of aromatic amines is 1. The molecule has 4 N–H and O–H groups in total. The number of nitrogens with two attached hydrogens (primary N) is 1. The first-order valence-corrected chi connectivity index (χ1v) is 5.10. The van der Waals surface area contributed by atoms with E-state index in [0.717, 1.165) is 6.54 Å². The van der Waals surface area contributed by atoms with E-state index in [4.69, 9.17) is 5.73 Å². The highest BCUT2D eigenvalue weighted by Crippen LogP contribution is 2.37. The molecule has 0 radical (unpaired) electrons. The van der Waals surface area contributed by atoms with Crippen LogP contribution in [-0.2, 0) is 0 Å². The fourth-order valence-corrected chi connectivity index (χ4v) is 2.05. The van der Waals surface area contributed by atoms with Gasteiger partial charge in [-0.15, -0.1) is 5.10 Å². The number of anilines is 2. The summed E-state index contributed by atoms with van der Waals surface area (Å²) in [6.45, 7) is 3.24. The molecule has 1 aliphatic carbocycles. The van der Waals surface area contributed by atoms with Gasteiger partial charge in [-0.1, -0.05) is 19.8 Å². The van der Waals surface area contributed by atoms with Crippen LogP contribution in [0.4, 0.5) is 11.9 Å². The molecule has 0 saturated heterocycles. The molecule has 0 bridgehead atoms. The number of rotatable bonds is 3. The Morgan fingerprint density at radius 3 is 2.79 bits per heavy atom. The van der Waals surface area contributed by atoms with E-state index in [9.17, 15) is 0 Å². The summed E-state index contributed by atoms with van der Waals surface area (Å²) in [5, 5.41) is 9.76. The second kappa shape index (κ2) is 3.48. The Balaban J connectivity index is 1.87. The molecule has 14 heavy (non-hydrogen) atoms. The predicted molar refractivity (Wildman–Crippen MR) is 55.9 cm³/mol. The lowest BCUT2D eigenvalue weighted by Crippen LogP contribution is -2.23. The Morgan fingerprint density at radius 1 is 1.50 bits per heavy atom. The summed E-state index contributed by atoms with van der Waals surface area (Å²) in [4.78, 5) is 4.00. The van der Waals surface area contributed by atoms with E-state index >= 15 is 0 Å². The summed E-state index contributed by atoms with van der Waals surface area (Å²) >= 11 is 0. The highest BCUT2D eigenvalue weighted by Gasteiger charge is 2.28. The molecule has 78 valence electrons. The van der Waals surface area contributed by atoms with Crippen LogP contribution in [0.2, 0.25) is 0 Å². The van der Waals surface area contributed by atoms with Crippen LogP contribution in [0.3, 0.4) is 0 Å². The Morgan fingerprint density at radius 2 is 2.21 bits per heavy atom. The van der Waals surface area contributed by atoms with Gasteiger partial charge in [0.25, 0.3) is 0 Å².